The first-order valence-electron chi connectivity index (χ1n) is 6.75. The lowest BCUT2D eigenvalue weighted by Gasteiger charge is -2.27. The van der Waals surface area contributed by atoms with Crippen LogP contribution >= 0.6 is 0 Å². The Hall–Kier alpha value is -1.05. The normalized spacial score (nSPS) is 26.4. The van der Waals surface area contributed by atoms with E-state index < -0.39 is 0 Å². The van der Waals surface area contributed by atoms with Crippen molar-refractivity contribution in [2.75, 3.05) is 6.54 Å². The summed E-state index contributed by atoms with van der Waals surface area (Å²) in [4.78, 5) is 4.71. The van der Waals surface area contributed by atoms with Crippen molar-refractivity contribution in [3.8, 4) is 0 Å². The van der Waals surface area contributed by atoms with E-state index in [1.807, 2.05) is 6.08 Å². The van der Waals surface area contributed by atoms with Gasteiger partial charge in [-0.1, -0.05) is 32.1 Å². The topological polar surface area (TPSA) is 24.4 Å². The van der Waals surface area contributed by atoms with Crippen molar-refractivity contribution in [2.24, 2.45) is 16.8 Å². The number of hydrogen-bond donors (Lipinski definition) is 1. The van der Waals surface area contributed by atoms with Crippen molar-refractivity contribution in [3.63, 3.8) is 0 Å². The van der Waals surface area contributed by atoms with Gasteiger partial charge >= 0.3 is 0 Å². The van der Waals surface area contributed by atoms with E-state index in [1.54, 1.807) is 0 Å². The molecule has 1 unspecified atom stereocenters. The predicted molar refractivity (Wildman–Crippen MR) is 76.4 cm³/mol. The number of amidine groups is 1. The highest BCUT2D eigenvalue weighted by Gasteiger charge is 2.19. The maximum absolute atomic E-state index is 4.71. The summed E-state index contributed by atoms with van der Waals surface area (Å²) in [5.41, 5.74) is 0. The Kier molecular flexibility index (Phi) is 6.03. The molecule has 0 saturated carbocycles. The van der Waals surface area contributed by atoms with Crippen LogP contribution in [0.3, 0.4) is 0 Å². The van der Waals surface area contributed by atoms with Gasteiger partial charge in [0.15, 0.2) is 0 Å². The van der Waals surface area contributed by atoms with Gasteiger partial charge in [-0.15, -0.1) is 6.58 Å². The highest BCUT2D eigenvalue weighted by atomic mass is 15.0. The van der Waals surface area contributed by atoms with Crippen molar-refractivity contribution < 1.29 is 0 Å². The number of allylic oxidation sites excluding steroid dienone is 2. The first-order valence-corrected chi connectivity index (χ1v) is 6.75. The van der Waals surface area contributed by atoms with Crippen molar-refractivity contribution in [3.05, 3.63) is 24.8 Å². The molecule has 1 N–H and O–H groups in total. The molecule has 1 heterocycles. The van der Waals surface area contributed by atoms with Gasteiger partial charge in [-0.2, -0.15) is 0 Å². The fraction of sp³-hybridized carbons (Fsp3) is 0.667. The molecule has 1 rings (SSSR count). The van der Waals surface area contributed by atoms with Crippen LogP contribution in [0.15, 0.2) is 29.8 Å². The summed E-state index contributed by atoms with van der Waals surface area (Å²) in [6.07, 6.45) is 9.63. The van der Waals surface area contributed by atoms with E-state index in [-0.39, 0.29) is 0 Å². The van der Waals surface area contributed by atoms with Crippen molar-refractivity contribution in [2.45, 2.75) is 46.1 Å². The summed E-state index contributed by atoms with van der Waals surface area (Å²) in [5, 5.41) is 3.43. The van der Waals surface area contributed by atoms with Crippen LogP contribution < -0.4 is 5.32 Å². The molecule has 0 saturated heterocycles. The Balaban J connectivity index is 2.40. The van der Waals surface area contributed by atoms with Gasteiger partial charge in [-0.3, -0.25) is 4.99 Å². The summed E-state index contributed by atoms with van der Waals surface area (Å²) in [7, 11) is 0. The molecule has 0 spiro atoms. The zero-order valence-corrected chi connectivity index (χ0v) is 11.4. The van der Waals surface area contributed by atoms with Gasteiger partial charge in [-0.05, 0) is 31.6 Å². The maximum Gasteiger partial charge on any atom is 0.100 e. The quantitative estimate of drug-likeness (QED) is 0.698. The van der Waals surface area contributed by atoms with Gasteiger partial charge < -0.3 is 5.32 Å². The summed E-state index contributed by atoms with van der Waals surface area (Å²) in [6.45, 7) is 11.5. The van der Waals surface area contributed by atoms with E-state index in [0.29, 0.717) is 17.9 Å². The average Bonchev–Trinajstić information content (AvgIpc) is 2.29. The van der Waals surface area contributed by atoms with Crippen molar-refractivity contribution in [1.82, 2.24) is 5.32 Å². The zero-order chi connectivity index (χ0) is 12.7. The second kappa shape index (κ2) is 7.31. The summed E-state index contributed by atoms with van der Waals surface area (Å²) in [6, 6.07) is 0.468. The molecule has 0 aliphatic carbocycles. The Morgan fingerprint density at radius 2 is 2.35 bits per heavy atom. The monoisotopic (exact) mass is 234 g/mol. The smallest absolute Gasteiger partial charge is 0.100 e. The molecule has 17 heavy (non-hydrogen) atoms. The standard InChI is InChI=1S/C15H26N2/c1-5-8-12(3)9-7-10-15-16-11-14(6-2)13(4)17-15/h5,7,9,12-14H,1,6,8,10-11H2,2-4H3,(H,16,17)/b9-7+/t12-,13+,14?/m1/s1. The lowest BCUT2D eigenvalue weighted by atomic mass is 9.97. The number of hydrogen-bond acceptors (Lipinski definition) is 2. The zero-order valence-electron chi connectivity index (χ0n) is 11.4. The molecule has 1 aliphatic rings. The minimum absolute atomic E-state index is 0.468. The number of aliphatic imine (C=N–C) groups is 1. The van der Waals surface area contributed by atoms with Crippen LogP contribution in [0.4, 0.5) is 0 Å². The third-order valence-electron chi connectivity index (χ3n) is 3.45. The largest absolute Gasteiger partial charge is 0.373 e. The molecule has 1 aliphatic heterocycles. The van der Waals surface area contributed by atoms with Gasteiger partial charge in [0.1, 0.15) is 5.84 Å². The van der Waals surface area contributed by atoms with Crippen molar-refractivity contribution >= 4 is 5.84 Å². The minimum Gasteiger partial charge on any atom is -0.373 e. The van der Waals surface area contributed by atoms with Crippen LogP contribution in [-0.4, -0.2) is 18.4 Å². The van der Waals surface area contributed by atoms with Crippen LogP contribution in [0, 0.1) is 11.8 Å². The highest BCUT2D eigenvalue weighted by molar-refractivity contribution is 5.84. The van der Waals surface area contributed by atoms with E-state index in [4.69, 9.17) is 4.99 Å². The molecule has 0 bridgehead atoms. The third kappa shape index (κ3) is 4.76. The van der Waals surface area contributed by atoms with Gasteiger partial charge in [0, 0.05) is 13.0 Å². The first-order chi connectivity index (χ1) is 8.17. The molecule has 0 aromatic rings. The molecule has 0 amide bonds. The SMILES string of the molecule is C=CC[C@@H](C)/C=C/CC1=N[C@@H](C)C(CC)CN1. The van der Waals surface area contributed by atoms with Gasteiger partial charge in [0.25, 0.3) is 0 Å². The molecule has 0 fully saturated rings. The lowest BCUT2D eigenvalue weighted by molar-refractivity contribution is 0.406. The Morgan fingerprint density at radius 3 is 2.94 bits per heavy atom. The molecular formula is C15H26N2. The summed E-state index contributed by atoms with van der Waals surface area (Å²) < 4.78 is 0. The Morgan fingerprint density at radius 1 is 1.59 bits per heavy atom. The lowest BCUT2D eigenvalue weighted by Crippen LogP contribution is -2.39. The molecule has 96 valence electrons. The van der Waals surface area contributed by atoms with E-state index in [1.165, 1.54) is 6.42 Å². The molecule has 3 atom stereocenters. The average molecular weight is 234 g/mol. The van der Waals surface area contributed by atoms with Crippen LogP contribution in [0.2, 0.25) is 0 Å². The highest BCUT2D eigenvalue weighted by Crippen LogP contribution is 2.15. The van der Waals surface area contributed by atoms with E-state index in [9.17, 15) is 0 Å². The Bertz CT molecular complexity index is 291. The first kappa shape index (κ1) is 14.0. The van der Waals surface area contributed by atoms with Crippen molar-refractivity contribution in [1.29, 1.82) is 0 Å². The number of rotatable bonds is 6. The summed E-state index contributed by atoms with van der Waals surface area (Å²) in [5.74, 6) is 2.42. The fourth-order valence-corrected chi connectivity index (χ4v) is 2.18. The minimum atomic E-state index is 0.468. The van der Waals surface area contributed by atoms with E-state index in [2.05, 4.69) is 44.8 Å². The third-order valence-corrected chi connectivity index (χ3v) is 3.45. The van der Waals surface area contributed by atoms with E-state index >= 15 is 0 Å². The van der Waals surface area contributed by atoms with Gasteiger partial charge in [-0.25, -0.2) is 0 Å². The molecule has 2 nitrogen and oxygen atoms in total. The van der Waals surface area contributed by atoms with Gasteiger partial charge in [0.2, 0.25) is 0 Å². The molecular weight excluding hydrogens is 208 g/mol. The molecule has 0 aromatic carbocycles. The second-order valence-electron chi connectivity index (χ2n) is 5.00. The summed E-state index contributed by atoms with van der Waals surface area (Å²) >= 11 is 0. The predicted octanol–water partition coefficient (Wildman–Crippen LogP) is 3.56. The van der Waals surface area contributed by atoms with Crippen LogP contribution in [0.1, 0.15) is 40.0 Å². The molecule has 0 aromatic heterocycles. The second-order valence-corrected chi connectivity index (χ2v) is 5.00. The number of nitrogens with one attached hydrogen (secondary N) is 1. The number of nitrogens with zero attached hydrogens (tertiary/aromatic N) is 1. The Labute approximate surface area is 106 Å². The van der Waals surface area contributed by atoms with Gasteiger partial charge in [0.05, 0.1) is 6.04 Å². The molecule has 2 heteroatoms. The van der Waals surface area contributed by atoms with E-state index in [0.717, 1.165) is 25.2 Å². The fourth-order valence-electron chi connectivity index (χ4n) is 2.18. The van der Waals surface area contributed by atoms with Crippen LogP contribution in [-0.2, 0) is 0 Å². The molecule has 0 radical (unpaired) electrons. The maximum atomic E-state index is 4.71. The van der Waals surface area contributed by atoms with Crippen LogP contribution in [0.5, 0.6) is 0 Å². The van der Waals surface area contributed by atoms with Crippen LogP contribution in [0.25, 0.3) is 0 Å².